The summed E-state index contributed by atoms with van der Waals surface area (Å²) in [5.41, 5.74) is 1.72. The number of benzene rings is 1. The molecule has 0 saturated heterocycles. The van der Waals surface area contributed by atoms with Gasteiger partial charge in [0.2, 0.25) is 5.13 Å². The second-order valence-corrected chi connectivity index (χ2v) is 5.68. The molecule has 2 aromatic rings. The first kappa shape index (κ1) is 13.5. The highest BCUT2D eigenvalue weighted by molar-refractivity contribution is 7.13. The van der Waals surface area contributed by atoms with Crippen molar-refractivity contribution in [3.8, 4) is 0 Å². The van der Waals surface area contributed by atoms with E-state index in [1.807, 2.05) is 51.1 Å². The third-order valence-electron chi connectivity index (χ3n) is 2.13. The van der Waals surface area contributed by atoms with Crippen LogP contribution in [0.4, 0.5) is 15.6 Å². The van der Waals surface area contributed by atoms with Crippen LogP contribution in [0.25, 0.3) is 0 Å². The number of aromatic nitrogens is 2. The minimum Gasteiger partial charge on any atom is -0.443 e. The van der Waals surface area contributed by atoms with Gasteiger partial charge in [-0.2, -0.15) is 0 Å². The molecule has 0 aliphatic carbocycles. The topological polar surface area (TPSA) is 55.3 Å². The lowest BCUT2D eigenvalue weighted by Gasteiger charge is -2.25. The zero-order chi connectivity index (χ0) is 13.9. The lowest BCUT2D eigenvalue weighted by Crippen LogP contribution is -2.33. The fraction of sp³-hybridized carbons (Fsp3) is 0.308. The Labute approximate surface area is 115 Å². The van der Waals surface area contributed by atoms with Gasteiger partial charge in [0.05, 0.1) is 5.69 Å². The molecule has 0 aliphatic heterocycles. The molecule has 100 valence electrons. The number of hydrogen-bond acceptors (Lipinski definition) is 5. The molecule has 0 radical (unpaired) electrons. The van der Waals surface area contributed by atoms with Crippen LogP contribution in [-0.4, -0.2) is 21.9 Å². The maximum Gasteiger partial charge on any atom is 0.421 e. The van der Waals surface area contributed by atoms with Crippen LogP contribution in [0, 0.1) is 0 Å². The van der Waals surface area contributed by atoms with Gasteiger partial charge in [-0.05, 0) is 32.9 Å². The number of carbonyl (C=O) groups excluding carboxylic acids is 1. The van der Waals surface area contributed by atoms with Gasteiger partial charge in [0.25, 0.3) is 0 Å². The van der Waals surface area contributed by atoms with Crippen LogP contribution < -0.4 is 4.90 Å². The van der Waals surface area contributed by atoms with Gasteiger partial charge in [-0.25, -0.2) is 9.69 Å². The highest BCUT2D eigenvalue weighted by Crippen LogP contribution is 2.28. The molecular weight excluding hydrogens is 262 g/mol. The molecule has 19 heavy (non-hydrogen) atoms. The summed E-state index contributed by atoms with van der Waals surface area (Å²) in [6, 6.07) is 9.25. The Morgan fingerprint density at radius 3 is 2.47 bits per heavy atom. The van der Waals surface area contributed by atoms with E-state index >= 15 is 0 Å². The van der Waals surface area contributed by atoms with E-state index in [0.29, 0.717) is 10.8 Å². The molecule has 0 fully saturated rings. The molecule has 2 rings (SSSR count). The summed E-state index contributed by atoms with van der Waals surface area (Å²) < 4.78 is 5.40. The van der Waals surface area contributed by atoms with Crippen molar-refractivity contribution in [3.05, 3.63) is 35.8 Å². The SMILES string of the molecule is CC(C)(C)OC(=O)N(c1ccccc1)c1nncs1. The second kappa shape index (κ2) is 5.36. The molecular formula is C13H15N3O2S. The van der Waals surface area contributed by atoms with Gasteiger partial charge in [0, 0.05) is 0 Å². The third-order valence-corrected chi connectivity index (χ3v) is 2.81. The van der Waals surface area contributed by atoms with Crippen LogP contribution in [0.3, 0.4) is 0 Å². The molecule has 1 aromatic carbocycles. The summed E-state index contributed by atoms with van der Waals surface area (Å²) in [5, 5.41) is 8.19. The van der Waals surface area contributed by atoms with Gasteiger partial charge >= 0.3 is 6.09 Å². The number of para-hydroxylation sites is 1. The van der Waals surface area contributed by atoms with E-state index in [0.717, 1.165) is 0 Å². The molecule has 6 heteroatoms. The van der Waals surface area contributed by atoms with E-state index in [2.05, 4.69) is 10.2 Å². The zero-order valence-corrected chi connectivity index (χ0v) is 11.8. The summed E-state index contributed by atoms with van der Waals surface area (Å²) in [4.78, 5) is 13.7. The van der Waals surface area contributed by atoms with E-state index in [9.17, 15) is 4.79 Å². The van der Waals surface area contributed by atoms with Crippen molar-refractivity contribution >= 4 is 28.2 Å². The Bertz CT molecular complexity index is 535. The van der Waals surface area contributed by atoms with E-state index in [4.69, 9.17) is 4.74 Å². The smallest absolute Gasteiger partial charge is 0.421 e. The Morgan fingerprint density at radius 1 is 1.26 bits per heavy atom. The average Bonchev–Trinajstić information content (AvgIpc) is 2.82. The molecule has 0 atom stereocenters. The maximum absolute atomic E-state index is 12.3. The quantitative estimate of drug-likeness (QED) is 0.841. The summed E-state index contributed by atoms with van der Waals surface area (Å²) in [5.74, 6) is 0. The molecule has 1 amide bonds. The molecule has 0 spiro atoms. The predicted molar refractivity (Wildman–Crippen MR) is 74.7 cm³/mol. The first-order chi connectivity index (χ1) is 8.97. The van der Waals surface area contributed by atoms with E-state index in [1.165, 1.54) is 16.2 Å². The lowest BCUT2D eigenvalue weighted by atomic mass is 10.2. The van der Waals surface area contributed by atoms with Gasteiger partial charge in [0.15, 0.2) is 0 Å². The fourth-order valence-corrected chi connectivity index (χ4v) is 2.01. The zero-order valence-electron chi connectivity index (χ0n) is 11.0. The first-order valence-corrected chi connectivity index (χ1v) is 6.70. The summed E-state index contributed by atoms with van der Waals surface area (Å²) >= 11 is 1.28. The monoisotopic (exact) mass is 277 g/mol. The van der Waals surface area contributed by atoms with Crippen LogP contribution in [-0.2, 0) is 4.74 Å². The van der Waals surface area contributed by atoms with Crippen LogP contribution in [0.15, 0.2) is 35.8 Å². The second-order valence-electron chi connectivity index (χ2n) is 4.87. The lowest BCUT2D eigenvalue weighted by molar-refractivity contribution is 0.0599. The van der Waals surface area contributed by atoms with Crippen LogP contribution in [0.1, 0.15) is 20.8 Å². The number of hydrogen-bond donors (Lipinski definition) is 0. The average molecular weight is 277 g/mol. The third kappa shape index (κ3) is 3.51. The van der Waals surface area contributed by atoms with Gasteiger partial charge in [-0.15, -0.1) is 10.2 Å². The molecule has 0 saturated carbocycles. The normalized spacial score (nSPS) is 11.1. The summed E-state index contributed by atoms with van der Waals surface area (Å²) in [6.45, 7) is 5.48. The Balaban J connectivity index is 2.34. The fourth-order valence-electron chi connectivity index (χ4n) is 1.44. The standard InChI is InChI=1S/C13H15N3O2S/c1-13(2,3)18-12(17)16(11-15-14-9-19-11)10-7-5-4-6-8-10/h4-9H,1-3H3. The summed E-state index contributed by atoms with van der Waals surface area (Å²) in [6.07, 6.45) is -0.463. The molecule has 5 nitrogen and oxygen atoms in total. The van der Waals surface area contributed by atoms with Crippen molar-refractivity contribution in [2.24, 2.45) is 0 Å². The van der Waals surface area contributed by atoms with Crippen molar-refractivity contribution < 1.29 is 9.53 Å². The van der Waals surface area contributed by atoms with Gasteiger partial charge < -0.3 is 4.74 Å². The van der Waals surface area contributed by atoms with E-state index < -0.39 is 11.7 Å². The molecule has 1 aromatic heterocycles. The molecule has 0 unspecified atom stereocenters. The van der Waals surface area contributed by atoms with Gasteiger partial charge in [-0.1, -0.05) is 29.5 Å². The van der Waals surface area contributed by atoms with Gasteiger partial charge in [0.1, 0.15) is 11.1 Å². The highest BCUT2D eigenvalue weighted by Gasteiger charge is 2.26. The molecule has 0 bridgehead atoms. The van der Waals surface area contributed by atoms with Crippen molar-refractivity contribution in [1.82, 2.24) is 10.2 Å². The van der Waals surface area contributed by atoms with E-state index in [1.54, 1.807) is 5.51 Å². The van der Waals surface area contributed by atoms with Crippen LogP contribution in [0.2, 0.25) is 0 Å². The maximum atomic E-state index is 12.3. The van der Waals surface area contributed by atoms with Crippen molar-refractivity contribution in [1.29, 1.82) is 0 Å². The number of ether oxygens (including phenoxy) is 1. The summed E-state index contributed by atoms with van der Waals surface area (Å²) in [7, 11) is 0. The Hall–Kier alpha value is -1.95. The Morgan fingerprint density at radius 2 is 1.95 bits per heavy atom. The van der Waals surface area contributed by atoms with Crippen molar-refractivity contribution in [2.75, 3.05) is 4.90 Å². The van der Waals surface area contributed by atoms with Crippen LogP contribution in [0.5, 0.6) is 0 Å². The predicted octanol–water partition coefficient (Wildman–Crippen LogP) is 3.61. The van der Waals surface area contributed by atoms with Crippen molar-refractivity contribution in [2.45, 2.75) is 26.4 Å². The van der Waals surface area contributed by atoms with Gasteiger partial charge in [-0.3, -0.25) is 0 Å². The number of rotatable bonds is 2. The number of amides is 1. The molecule has 0 aliphatic rings. The molecule has 0 N–H and O–H groups in total. The number of nitrogens with zero attached hydrogens (tertiary/aromatic N) is 3. The van der Waals surface area contributed by atoms with Crippen LogP contribution >= 0.6 is 11.3 Å². The Kier molecular flexibility index (Phi) is 3.80. The number of carbonyl (C=O) groups is 1. The highest BCUT2D eigenvalue weighted by atomic mass is 32.1. The minimum atomic E-state index is -0.561. The minimum absolute atomic E-state index is 0.463. The molecule has 1 heterocycles. The van der Waals surface area contributed by atoms with Crippen molar-refractivity contribution in [3.63, 3.8) is 0 Å². The first-order valence-electron chi connectivity index (χ1n) is 5.82. The largest absolute Gasteiger partial charge is 0.443 e. The van der Waals surface area contributed by atoms with E-state index in [-0.39, 0.29) is 0 Å². The number of anilines is 2.